The Hall–Kier alpha value is -2.23. The van der Waals surface area contributed by atoms with Gasteiger partial charge >= 0.3 is 0 Å². The molecular formula is C16H12BrN3O3S2. The first-order chi connectivity index (χ1) is 12.0. The molecule has 0 fully saturated rings. The van der Waals surface area contributed by atoms with E-state index in [0.717, 1.165) is 14.4 Å². The van der Waals surface area contributed by atoms with E-state index in [9.17, 15) is 9.59 Å². The molecule has 0 spiro atoms. The first kappa shape index (κ1) is 17.6. The molecule has 0 saturated carbocycles. The fourth-order valence-corrected chi connectivity index (χ4v) is 4.21. The van der Waals surface area contributed by atoms with Crippen molar-refractivity contribution in [2.45, 2.75) is 0 Å². The van der Waals surface area contributed by atoms with Crippen LogP contribution < -0.4 is 15.8 Å². The number of hydrogen-bond acceptors (Lipinski definition) is 6. The molecule has 0 atom stereocenters. The number of thiazole rings is 1. The van der Waals surface area contributed by atoms with Gasteiger partial charge in [-0.25, -0.2) is 4.98 Å². The monoisotopic (exact) mass is 437 g/mol. The van der Waals surface area contributed by atoms with Gasteiger partial charge in [-0.15, -0.1) is 22.7 Å². The van der Waals surface area contributed by atoms with Crippen LogP contribution in [-0.4, -0.2) is 23.4 Å². The largest absolute Gasteiger partial charge is 0.484 e. The minimum absolute atomic E-state index is 0.188. The Balaban J connectivity index is 1.64. The molecule has 0 aliphatic carbocycles. The summed E-state index contributed by atoms with van der Waals surface area (Å²) >= 11 is 6.39. The number of anilines is 1. The van der Waals surface area contributed by atoms with Crippen molar-refractivity contribution >= 4 is 56.1 Å². The second kappa shape index (κ2) is 7.77. The summed E-state index contributed by atoms with van der Waals surface area (Å²) in [6.07, 6.45) is 0. The van der Waals surface area contributed by atoms with Crippen LogP contribution in [0.4, 0.5) is 5.69 Å². The first-order valence-electron chi connectivity index (χ1n) is 7.04. The predicted octanol–water partition coefficient (Wildman–Crippen LogP) is 3.75. The second-order valence-electron chi connectivity index (χ2n) is 4.90. The van der Waals surface area contributed by atoms with Gasteiger partial charge < -0.3 is 15.8 Å². The number of halogens is 1. The van der Waals surface area contributed by atoms with Crippen LogP contribution in [0.3, 0.4) is 0 Å². The second-order valence-corrected chi connectivity index (χ2v) is 7.59. The van der Waals surface area contributed by atoms with Crippen molar-refractivity contribution in [3.05, 3.63) is 51.3 Å². The van der Waals surface area contributed by atoms with Crippen LogP contribution in [0, 0.1) is 0 Å². The SMILES string of the molecule is NC(=O)COc1ccc(NC(=O)c2csc(-c3cc(Br)cs3)n2)cc1. The van der Waals surface area contributed by atoms with E-state index in [-0.39, 0.29) is 12.5 Å². The Bertz CT molecular complexity index is 906. The summed E-state index contributed by atoms with van der Waals surface area (Å²) in [6.45, 7) is -0.188. The highest BCUT2D eigenvalue weighted by molar-refractivity contribution is 9.10. The lowest BCUT2D eigenvalue weighted by atomic mass is 10.3. The molecule has 1 aromatic carbocycles. The lowest BCUT2D eigenvalue weighted by molar-refractivity contribution is -0.119. The fourth-order valence-electron chi connectivity index (χ4n) is 1.90. The zero-order valence-electron chi connectivity index (χ0n) is 12.7. The summed E-state index contributed by atoms with van der Waals surface area (Å²) in [6, 6.07) is 8.62. The maximum atomic E-state index is 12.3. The molecule has 2 heterocycles. The van der Waals surface area contributed by atoms with Crippen LogP contribution >= 0.6 is 38.6 Å². The Morgan fingerprint density at radius 1 is 1.20 bits per heavy atom. The van der Waals surface area contributed by atoms with Gasteiger partial charge in [-0.2, -0.15) is 0 Å². The Morgan fingerprint density at radius 2 is 1.96 bits per heavy atom. The van der Waals surface area contributed by atoms with Crippen LogP contribution in [0.5, 0.6) is 5.75 Å². The molecule has 0 bridgehead atoms. The van der Waals surface area contributed by atoms with E-state index in [1.54, 1.807) is 41.0 Å². The molecule has 0 radical (unpaired) electrons. The van der Waals surface area contributed by atoms with Crippen LogP contribution in [0.15, 0.2) is 45.6 Å². The number of rotatable bonds is 6. The van der Waals surface area contributed by atoms with E-state index in [4.69, 9.17) is 10.5 Å². The molecule has 128 valence electrons. The van der Waals surface area contributed by atoms with E-state index in [1.807, 2.05) is 11.4 Å². The van der Waals surface area contributed by atoms with Crippen molar-refractivity contribution in [2.75, 3.05) is 11.9 Å². The summed E-state index contributed by atoms with van der Waals surface area (Å²) < 4.78 is 6.16. The molecular weight excluding hydrogens is 426 g/mol. The third-order valence-electron chi connectivity index (χ3n) is 3.01. The van der Waals surface area contributed by atoms with Gasteiger partial charge in [0, 0.05) is 20.9 Å². The van der Waals surface area contributed by atoms with Gasteiger partial charge in [0.05, 0.1) is 4.88 Å². The lowest BCUT2D eigenvalue weighted by Gasteiger charge is -2.06. The van der Waals surface area contributed by atoms with Gasteiger partial charge in [0.25, 0.3) is 11.8 Å². The molecule has 0 aliphatic heterocycles. The summed E-state index contributed by atoms with van der Waals surface area (Å²) in [5.74, 6) is -0.338. The molecule has 6 nitrogen and oxygen atoms in total. The predicted molar refractivity (Wildman–Crippen MR) is 102 cm³/mol. The molecule has 0 saturated heterocycles. The molecule has 3 aromatic rings. The maximum absolute atomic E-state index is 12.3. The average Bonchev–Trinajstić information content (AvgIpc) is 3.23. The number of nitrogens with two attached hydrogens (primary N) is 1. The number of aromatic nitrogens is 1. The first-order valence-corrected chi connectivity index (χ1v) is 9.59. The van der Waals surface area contributed by atoms with E-state index >= 15 is 0 Å². The average molecular weight is 438 g/mol. The zero-order valence-corrected chi connectivity index (χ0v) is 15.9. The van der Waals surface area contributed by atoms with Gasteiger partial charge in [-0.3, -0.25) is 9.59 Å². The van der Waals surface area contributed by atoms with Crippen molar-refractivity contribution < 1.29 is 14.3 Å². The molecule has 0 aliphatic rings. The topological polar surface area (TPSA) is 94.3 Å². The van der Waals surface area contributed by atoms with Gasteiger partial charge in [0.1, 0.15) is 16.5 Å². The molecule has 3 N–H and O–H groups in total. The number of carbonyl (C=O) groups excluding carboxylic acids is 2. The number of benzene rings is 1. The van der Waals surface area contributed by atoms with E-state index < -0.39 is 5.91 Å². The Morgan fingerprint density at radius 3 is 2.60 bits per heavy atom. The summed E-state index contributed by atoms with van der Waals surface area (Å²) in [5, 5.41) is 7.27. The van der Waals surface area contributed by atoms with E-state index in [0.29, 0.717) is 17.1 Å². The summed E-state index contributed by atoms with van der Waals surface area (Å²) in [4.78, 5) is 28.4. The molecule has 2 amide bonds. The van der Waals surface area contributed by atoms with Crippen molar-refractivity contribution in [1.82, 2.24) is 4.98 Å². The highest BCUT2D eigenvalue weighted by Crippen LogP contribution is 2.32. The minimum atomic E-state index is -0.547. The zero-order chi connectivity index (χ0) is 17.8. The van der Waals surface area contributed by atoms with Crippen molar-refractivity contribution in [2.24, 2.45) is 5.73 Å². The number of nitrogens with one attached hydrogen (secondary N) is 1. The van der Waals surface area contributed by atoms with Gasteiger partial charge in [0.15, 0.2) is 6.61 Å². The molecule has 3 rings (SSSR count). The van der Waals surface area contributed by atoms with E-state index in [1.165, 1.54) is 11.3 Å². The number of thiophene rings is 1. The smallest absolute Gasteiger partial charge is 0.275 e. The Kier molecular flexibility index (Phi) is 5.47. The van der Waals surface area contributed by atoms with Crippen LogP contribution in [0.2, 0.25) is 0 Å². The van der Waals surface area contributed by atoms with Crippen LogP contribution in [0.25, 0.3) is 9.88 Å². The quantitative estimate of drug-likeness (QED) is 0.613. The van der Waals surface area contributed by atoms with Gasteiger partial charge in [-0.1, -0.05) is 0 Å². The maximum Gasteiger partial charge on any atom is 0.275 e. The standard InChI is InChI=1S/C16H12BrN3O3S2/c17-9-5-13(24-7-9)16-20-12(8-25-16)15(22)19-10-1-3-11(4-2-10)23-6-14(18)21/h1-5,7-8H,6H2,(H2,18,21)(H,19,22). The molecule has 2 aromatic heterocycles. The van der Waals surface area contributed by atoms with Crippen molar-refractivity contribution in [3.8, 4) is 15.6 Å². The lowest BCUT2D eigenvalue weighted by Crippen LogP contribution is -2.20. The molecule has 9 heteroatoms. The fraction of sp³-hybridized carbons (Fsp3) is 0.0625. The molecule has 25 heavy (non-hydrogen) atoms. The number of nitrogens with zero attached hydrogens (tertiary/aromatic N) is 1. The van der Waals surface area contributed by atoms with Crippen LogP contribution in [-0.2, 0) is 4.79 Å². The Labute approximate surface area is 159 Å². The highest BCUT2D eigenvalue weighted by Gasteiger charge is 2.13. The van der Waals surface area contributed by atoms with E-state index in [2.05, 4.69) is 26.2 Å². The normalized spacial score (nSPS) is 10.4. The number of hydrogen-bond donors (Lipinski definition) is 2. The minimum Gasteiger partial charge on any atom is -0.484 e. The van der Waals surface area contributed by atoms with Crippen molar-refractivity contribution in [1.29, 1.82) is 0 Å². The third kappa shape index (κ3) is 4.65. The van der Waals surface area contributed by atoms with Gasteiger partial charge in [-0.05, 0) is 46.3 Å². The highest BCUT2D eigenvalue weighted by atomic mass is 79.9. The molecule has 0 unspecified atom stereocenters. The number of primary amides is 1. The third-order valence-corrected chi connectivity index (χ3v) is 5.71. The van der Waals surface area contributed by atoms with Crippen molar-refractivity contribution in [3.63, 3.8) is 0 Å². The number of ether oxygens (including phenoxy) is 1. The number of carbonyl (C=O) groups is 2. The summed E-state index contributed by atoms with van der Waals surface area (Å²) in [7, 11) is 0. The van der Waals surface area contributed by atoms with Gasteiger partial charge in [0.2, 0.25) is 0 Å². The van der Waals surface area contributed by atoms with Crippen LogP contribution in [0.1, 0.15) is 10.5 Å². The number of amides is 2. The summed E-state index contributed by atoms with van der Waals surface area (Å²) in [5.41, 5.74) is 5.98.